The second kappa shape index (κ2) is 5.71. The van der Waals surface area contributed by atoms with Crippen LogP contribution in [0.15, 0.2) is 17.6 Å². The molecule has 2 aromatic rings. The minimum atomic E-state index is -3.65. The van der Waals surface area contributed by atoms with Crippen molar-refractivity contribution in [1.29, 1.82) is 0 Å². The quantitative estimate of drug-likeness (QED) is 0.813. The van der Waals surface area contributed by atoms with Gasteiger partial charge in [-0.15, -0.1) is 10.2 Å². The maximum Gasteiger partial charge on any atom is 0.258 e. The topological polar surface area (TPSA) is 106 Å². The Morgan fingerprint density at radius 1 is 1.45 bits per heavy atom. The highest BCUT2D eigenvalue weighted by atomic mass is 32.2. The molecule has 0 spiro atoms. The number of imidazole rings is 1. The molecule has 9 heteroatoms. The number of sulfonamides is 1. The molecule has 0 fully saturated rings. The SMILES string of the molecule is CCc1ncc(S(=O)(=O)NC(C)c2nncn2CC)[nH]1. The molecule has 1 unspecified atom stereocenters. The van der Waals surface area contributed by atoms with Gasteiger partial charge in [0.2, 0.25) is 0 Å². The van der Waals surface area contributed by atoms with Crippen molar-refractivity contribution in [1.82, 2.24) is 29.5 Å². The third kappa shape index (κ3) is 2.88. The standard InChI is InChI=1S/C11H18N6O2S/c1-4-9-12-6-10(14-9)20(18,19)16-8(3)11-15-13-7-17(11)5-2/h6-8,16H,4-5H2,1-3H3,(H,12,14). The fraction of sp³-hybridized carbons (Fsp3) is 0.545. The van der Waals surface area contributed by atoms with E-state index in [1.165, 1.54) is 6.20 Å². The fourth-order valence-corrected chi connectivity index (χ4v) is 2.99. The van der Waals surface area contributed by atoms with Crippen molar-refractivity contribution in [2.24, 2.45) is 0 Å². The van der Waals surface area contributed by atoms with E-state index in [2.05, 4.69) is 24.9 Å². The summed E-state index contributed by atoms with van der Waals surface area (Å²) in [5.74, 6) is 1.21. The minimum Gasteiger partial charge on any atom is -0.332 e. The van der Waals surface area contributed by atoms with Gasteiger partial charge in [0.25, 0.3) is 10.0 Å². The number of hydrogen-bond donors (Lipinski definition) is 2. The molecular formula is C11H18N6O2S. The summed E-state index contributed by atoms with van der Waals surface area (Å²) in [6, 6.07) is -0.476. The van der Waals surface area contributed by atoms with E-state index in [1.54, 1.807) is 17.8 Å². The van der Waals surface area contributed by atoms with Crippen molar-refractivity contribution < 1.29 is 8.42 Å². The van der Waals surface area contributed by atoms with E-state index >= 15 is 0 Å². The molecule has 2 aromatic heterocycles. The van der Waals surface area contributed by atoms with Gasteiger partial charge in [-0.1, -0.05) is 6.92 Å². The summed E-state index contributed by atoms with van der Waals surface area (Å²) in [5.41, 5.74) is 0. The van der Waals surface area contributed by atoms with Gasteiger partial charge in [-0.25, -0.2) is 13.4 Å². The predicted molar refractivity (Wildman–Crippen MR) is 72.4 cm³/mol. The smallest absolute Gasteiger partial charge is 0.258 e. The number of aromatic amines is 1. The average molecular weight is 298 g/mol. The zero-order valence-corrected chi connectivity index (χ0v) is 12.5. The number of rotatable bonds is 6. The van der Waals surface area contributed by atoms with E-state index in [4.69, 9.17) is 0 Å². The van der Waals surface area contributed by atoms with Crippen LogP contribution < -0.4 is 4.72 Å². The normalized spacial score (nSPS) is 13.6. The lowest BCUT2D eigenvalue weighted by atomic mass is 10.3. The molecule has 0 radical (unpaired) electrons. The molecule has 1 atom stereocenters. The first-order valence-electron chi connectivity index (χ1n) is 6.41. The van der Waals surface area contributed by atoms with Gasteiger partial charge in [-0.05, 0) is 13.8 Å². The first kappa shape index (κ1) is 14.7. The van der Waals surface area contributed by atoms with E-state index < -0.39 is 16.1 Å². The van der Waals surface area contributed by atoms with Crippen LogP contribution in [0, 0.1) is 0 Å². The van der Waals surface area contributed by atoms with Crippen LogP contribution in [0.2, 0.25) is 0 Å². The third-order valence-corrected chi connectivity index (χ3v) is 4.39. The lowest BCUT2D eigenvalue weighted by Gasteiger charge is -2.13. The Hall–Kier alpha value is -1.74. The molecule has 0 aliphatic rings. The summed E-state index contributed by atoms with van der Waals surface area (Å²) >= 11 is 0. The Morgan fingerprint density at radius 3 is 2.80 bits per heavy atom. The molecule has 110 valence electrons. The Balaban J connectivity index is 2.19. The van der Waals surface area contributed by atoms with Crippen LogP contribution >= 0.6 is 0 Å². The largest absolute Gasteiger partial charge is 0.332 e. The highest BCUT2D eigenvalue weighted by molar-refractivity contribution is 7.89. The van der Waals surface area contributed by atoms with Crippen molar-refractivity contribution in [3.05, 3.63) is 24.2 Å². The van der Waals surface area contributed by atoms with Gasteiger partial charge in [0.15, 0.2) is 10.9 Å². The molecule has 0 aliphatic heterocycles. The zero-order valence-electron chi connectivity index (χ0n) is 11.7. The number of hydrogen-bond acceptors (Lipinski definition) is 5. The second-order valence-corrected chi connectivity index (χ2v) is 6.05. The summed E-state index contributed by atoms with van der Waals surface area (Å²) < 4.78 is 28.8. The number of nitrogens with zero attached hydrogens (tertiary/aromatic N) is 4. The van der Waals surface area contributed by atoms with Crippen molar-refractivity contribution >= 4 is 10.0 Å². The molecule has 0 amide bonds. The molecule has 2 heterocycles. The van der Waals surface area contributed by atoms with Crippen molar-refractivity contribution in [2.75, 3.05) is 0 Å². The third-order valence-electron chi connectivity index (χ3n) is 2.93. The molecule has 0 saturated heterocycles. The van der Waals surface area contributed by atoms with Crippen LogP contribution in [0.1, 0.15) is 38.5 Å². The Morgan fingerprint density at radius 2 is 2.20 bits per heavy atom. The van der Waals surface area contributed by atoms with Gasteiger partial charge in [0.1, 0.15) is 12.2 Å². The number of nitrogens with one attached hydrogen (secondary N) is 2. The van der Waals surface area contributed by atoms with E-state index in [0.717, 1.165) is 0 Å². The number of H-pyrrole nitrogens is 1. The summed E-state index contributed by atoms with van der Waals surface area (Å²) in [7, 11) is -3.65. The molecule has 0 saturated carbocycles. The Bertz CT molecular complexity index is 675. The van der Waals surface area contributed by atoms with Crippen molar-refractivity contribution in [2.45, 2.75) is 44.8 Å². The van der Waals surface area contributed by atoms with Crippen molar-refractivity contribution in [3.8, 4) is 0 Å². The lowest BCUT2D eigenvalue weighted by Crippen LogP contribution is -2.29. The molecule has 2 rings (SSSR count). The van der Waals surface area contributed by atoms with Gasteiger partial charge in [0.05, 0.1) is 12.2 Å². The van der Waals surface area contributed by atoms with Gasteiger partial charge < -0.3 is 9.55 Å². The Labute approximate surface area is 117 Å². The van der Waals surface area contributed by atoms with Crippen molar-refractivity contribution in [3.63, 3.8) is 0 Å². The summed E-state index contributed by atoms with van der Waals surface area (Å²) in [6.45, 7) is 6.24. The number of aryl methyl sites for hydroxylation is 2. The highest BCUT2D eigenvalue weighted by Crippen LogP contribution is 2.14. The molecule has 20 heavy (non-hydrogen) atoms. The highest BCUT2D eigenvalue weighted by Gasteiger charge is 2.23. The summed E-state index contributed by atoms with van der Waals surface area (Å²) in [4.78, 5) is 6.77. The molecule has 0 bridgehead atoms. The maximum atomic E-state index is 12.2. The summed E-state index contributed by atoms with van der Waals surface area (Å²) in [6.07, 6.45) is 3.54. The molecule has 8 nitrogen and oxygen atoms in total. The van der Waals surface area contributed by atoms with E-state index in [-0.39, 0.29) is 5.03 Å². The predicted octanol–water partition coefficient (Wildman–Crippen LogP) is 0.623. The lowest BCUT2D eigenvalue weighted by molar-refractivity contribution is 0.544. The van der Waals surface area contributed by atoms with E-state index in [0.29, 0.717) is 24.6 Å². The van der Waals surface area contributed by atoms with Gasteiger partial charge in [-0.3, -0.25) is 0 Å². The van der Waals surface area contributed by atoms with Crippen LogP contribution in [0.25, 0.3) is 0 Å². The second-order valence-electron chi connectivity index (χ2n) is 4.37. The first-order valence-corrected chi connectivity index (χ1v) is 7.90. The van der Waals surface area contributed by atoms with Crippen LogP contribution in [-0.2, 0) is 23.0 Å². The first-order chi connectivity index (χ1) is 9.47. The van der Waals surface area contributed by atoms with Crippen LogP contribution in [0.5, 0.6) is 0 Å². The van der Waals surface area contributed by atoms with E-state index in [9.17, 15) is 8.42 Å². The van der Waals surface area contributed by atoms with Crippen LogP contribution in [0.3, 0.4) is 0 Å². The minimum absolute atomic E-state index is 0.0590. The molecular weight excluding hydrogens is 280 g/mol. The van der Waals surface area contributed by atoms with Gasteiger partial charge in [0, 0.05) is 13.0 Å². The van der Waals surface area contributed by atoms with Crippen LogP contribution in [0.4, 0.5) is 0 Å². The van der Waals surface area contributed by atoms with Gasteiger partial charge in [-0.2, -0.15) is 4.72 Å². The fourth-order valence-electron chi connectivity index (χ4n) is 1.85. The zero-order chi connectivity index (χ0) is 14.8. The monoisotopic (exact) mass is 298 g/mol. The maximum absolute atomic E-state index is 12.2. The van der Waals surface area contributed by atoms with Gasteiger partial charge >= 0.3 is 0 Å². The summed E-state index contributed by atoms with van der Waals surface area (Å²) in [5, 5.41) is 7.80. The Kier molecular flexibility index (Phi) is 4.19. The number of aromatic nitrogens is 5. The van der Waals surface area contributed by atoms with E-state index in [1.807, 2.05) is 13.8 Å². The molecule has 0 aliphatic carbocycles. The molecule has 0 aromatic carbocycles. The van der Waals surface area contributed by atoms with Crippen LogP contribution in [-0.4, -0.2) is 33.2 Å². The average Bonchev–Trinajstić information content (AvgIpc) is 3.07. The molecule has 2 N–H and O–H groups in total.